The summed E-state index contributed by atoms with van der Waals surface area (Å²) in [7, 11) is 0. The van der Waals surface area contributed by atoms with E-state index in [1.807, 2.05) is 55.5 Å². The third-order valence-electron chi connectivity index (χ3n) is 5.92. The molecule has 2 bridgehead atoms. The number of imide groups is 1. The minimum absolute atomic E-state index is 0.136. The van der Waals surface area contributed by atoms with E-state index in [9.17, 15) is 9.59 Å². The Morgan fingerprint density at radius 2 is 1.87 bits per heavy atom. The van der Waals surface area contributed by atoms with E-state index in [0.29, 0.717) is 17.9 Å². The molecule has 0 N–H and O–H groups in total. The van der Waals surface area contributed by atoms with Gasteiger partial charge in [0, 0.05) is 17.7 Å². The summed E-state index contributed by atoms with van der Waals surface area (Å²) in [5.41, 5.74) is 1.77. The molecule has 6 nitrogen and oxygen atoms in total. The Balaban J connectivity index is 1.66. The third-order valence-corrected chi connectivity index (χ3v) is 5.92. The second kappa shape index (κ2) is 6.76. The minimum Gasteiger partial charge on any atom is -0.467 e. The zero-order valence-electron chi connectivity index (χ0n) is 16.9. The molecule has 3 amide bonds. The molecule has 3 aromatic rings. The van der Waals surface area contributed by atoms with Gasteiger partial charge in [-0.1, -0.05) is 37.3 Å². The first-order chi connectivity index (χ1) is 14.5. The van der Waals surface area contributed by atoms with Crippen LogP contribution in [-0.2, 0) is 6.42 Å². The van der Waals surface area contributed by atoms with Gasteiger partial charge in [-0.15, -0.1) is 0 Å². The average Bonchev–Trinajstić information content (AvgIpc) is 3.28. The molecular formula is C24H22N2O4. The third kappa shape index (κ3) is 2.71. The number of anilines is 1. The molecular weight excluding hydrogens is 380 g/mol. The molecule has 3 heterocycles. The van der Waals surface area contributed by atoms with E-state index in [-0.39, 0.29) is 5.76 Å². The largest absolute Gasteiger partial charge is 0.467 e. The molecule has 30 heavy (non-hydrogen) atoms. The molecule has 6 heteroatoms. The van der Waals surface area contributed by atoms with Gasteiger partial charge >= 0.3 is 6.03 Å². The first-order valence-electron chi connectivity index (χ1n) is 10.1. The molecule has 0 saturated carbocycles. The fourth-order valence-corrected chi connectivity index (χ4v) is 4.42. The van der Waals surface area contributed by atoms with Gasteiger partial charge in [-0.25, -0.2) is 9.69 Å². The van der Waals surface area contributed by atoms with E-state index >= 15 is 0 Å². The maximum Gasteiger partial charge on any atom is 0.335 e. The summed E-state index contributed by atoms with van der Waals surface area (Å²) in [6.45, 7) is 3.98. The topological polar surface area (TPSA) is 63.0 Å². The van der Waals surface area contributed by atoms with Gasteiger partial charge in [0.2, 0.25) is 0 Å². The summed E-state index contributed by atoms with van der Waals surface area (Å²) in [4.78, 5) is 29.9. The maximum atomic E-state index is 13.8. The SMILES string of the molecule is CCc1ccc(N2C(=O)N(C(=O)c3ccco3)[C@H]3C[C@@]2(C)Oc2ccccc23)cc1. The highest BCUT2D eigenvalue weighted by Gasteiger charge is 2.55. The van der Waals surface area contributed by atoms with Crippen LogP contribution in [0, 0.1) is 0 Å². The van der Waals surface area contributed by atoms with Crippen molar-refractivity contribution in [2.75, 3.05) is 4.90 Å². The number of nitrogens with zero attached hydrogens (tertiary/aromatic N) is 2. The van der Waals surface area contributed by atoms with Crippen molar-refractivity contribution in [1.29, 1.82) is 0 Å². The normalized spacial score (nSPS) is 22.5. The van der Waals surface area contributed by atoms with E-state index in [1.54, 1.807) is 17.0 Å². The molecule has 152 valence electrons. The lowest BCUT2D eigenvalue weighted by Gasteiger charge is -2.53. The number of aryl methyl sites for hydroxylation is 1. The summed E-state index contributed by atoms with van der Waals surface area (Å²) in [5.74, 6) is 0.359. The van der Waals surface area contributed by atoms with Crippen LogP contribution in [-0.4, -0.2) is 22.6 Å². The van der Waals surface area contributed by atoms with Crippen molar-refractivity contribution in [3.05, 3.63) is 83.8 Å². The smallest absolute Gasteiger partial charge is 0.335 e. The van der Waals surface area contributed by atoms with Gasteiger partial charge < -0.3 is 9.15 Å². The molecule has 0 spiro atoms. The Kier molecular flexibility index (Phi) is 4.17. The molecule has 2 atom stereocenters. The number of hydrogen-bond acceptors (Lipinski definition) is 4. The lowest BCUT2D eigenvalue weighted by Crippen LogP contribution is -2.67. The lowest BCUT2D eigenvalue weighted by atomic mass is 9.88. The number of ether oxygens (including phenoxy) is 1. The van der Waals surface area contributed by atoms with Crippen molar-refractivity contribution < 1.29 is 18.7 Å². The van der Waals surface area contributed by atoms with E-state index < -0.39 is 23.7 Å². The van der Waals surface area contributed by atoms with Gasteiger partial charge in [0.05, 0.1) is 12.3 Å². The standard InChI is InChI=1S/C24H22N2O4/c1-3-16-10-12-17(13-11-16)26-23(28)25(22(27)21-9-6-14-29-21)19-15-24(26,2)30-20-8-5-4-7-18(19)20/h4-14,19H,3,15H2,1-2H3/t19-,24+/m0/s1. The van der Waals surface area contributed by atoms with Gasteiger partial charge in [-0.3, -0.25) is 9.69 Å². The molecule has 1 fully saturated rings. The fraction of sp³-hybridized carbons (Fsp3) is 0.250. The molecule has 2 aromatic carbocycles. The van der Waals surface area contributed by atoms with Gasteiger partial charge in [0.25, 0.3) is 5.91 Å². The Labute approximate surface area is 174 Å². The zero-order chi connectivity index (χ0) is 20.9. The van der Waals surface area contributed by atoms with E-state index in [0.717, 1.165) is 12.0 Å². The van der Waals surface area contributed by atoms with E-state index in [4.69, 9.17) is 9.15 Å². The van der Waals surface area contributed by atoms with Crippen molar-refractivity contribution in [1.82, 2.24) is 4.90 Å². The van der Waals surface area contributed by atoms with Crippen LogP contribution in [0.15, 0.2) is 71.3 Å². The quantitative estimate of drug-likeness (QED) is 0.607. The highest BCUT2D eigenvalue weighted by molar-refractivity contribution is 6.09. The maximum absolute atomic E-state index is 13.8. The van der Waals surface area contributed by atoms with Crippen molar-refractivity contribution in [3.63, 3.8) is 0 Å². The Morgan fingerprint density at radius 3 is 2.57 bits per heavy atom. The Bertz CT molecular complexity index is 1110. The molecule has 2 aliphatic heterocycles. The fourth-order valence-electron chi connectivity index (χ4n) is 4.42. The number of fused-ring (bicyclic) bond motifs is 4. The van der Waals surface area contributed by atoms with Crippen molar-refractivity contribution in [2.45, 2.75) is 38.5 Å². The zero-order valence-corrected chi connectivity index (χ0v) is 16.9. The monoisotopic (exact) mass is 402 g/mol. The highest BCUT2D eigenvalue weighted by Crippen LogP contribution is 2.49. The van der Waals surface area contributed by atoms with E-state index in [2.05, 4.69) is 6.92 Å². The van der Waals surface area contributed by atoms with Gasteiger partial charge in [0.1, 0.15) is 5.75 Å². The van der Waals surface area contributed by atoms with Crippen molar-refractivity contribution in [2.24, 2.45) is 0 Å². The average molecular weight is 402 g/mol. The number of carbonyl (C=O) groups excluding carboxylic acids is 2. The summed E-state index contributed by atoms with van der Waals surface area (Å²) in [6, 6.07) is 17.7. The number of amides is 3. The van der Waals surface area contributed by atoms with Gasteiger partial charge in [0.15, 0.2) is 11.5 Å². The molecule has 1 saturated heterocycles. The Morgan fingerprint density at radius 1 is 1.10 bits per heavy atom. The van der Waals surface area contributed by atoms with Crippen LogP contribution >= 0.6 is 0 Å². The molecule has 0 radical (unpaired) electrons. The van der Waals surface area contributed by atoms with Crippen LogP contribution in [0.5, 0.6) is 5.75 Å². The second-order valence-corrected chi connectivity index (χ2v) is 7.83. The minimum atomic E-state index is -0.913. The number of benzene rings is 2. The number of para-hydroxylation sites is 1. The first kappa shape index (κ1) is 18.5. The molecule has 0 unspecified atom stereocenters. The summed E-state index contributed by atoms with van der Waals surface area (Å²) >= 11 is 0. The van der Waals surface area contributed by atoms with Crippen molar-refractivity contribution >= 4 is 17.6 Å². The predicted molar refractivity (Wildman–Crippen MR) is 111 cm³/mol. The molecule has 5 rings (SSSR count). The molecule has 2 aliphatic rings. The van der Waals surface area contributed by atoms with Crippen LogP contribution in [0.25, 0.3) is 0 Å². The second-order valence-electron chi connectivity index (χ2n) is 7.83. The van der Waals surface area contributed by atoms with Crippen LogP contribution in [0.1, 0.15) is 48.0 Å². The van der Waals surface area contributed by atoms with Gasteiger partial charge in [-0.05, 0) is 49.2 Å². The first-order valence-corrected chi connectivity index (χ1v) is 10.1. The van der Waals surface area contributed by atoms with Gasteiger partial charge in [-0.2, -0.15) is 0 Å². The van der Waals surface area contributed by atoms with E-state index in [1.165, 1.54) is 16.7 Å². The summed E-state index contributed by atoms with van der Waals surface area (Å²) in [6.07, 6.45) is 2.79. The van der Waals surface area contributed by atoms with Crippen LogP contribution in [0.3, 0.4) is 0 Å². The predicted octanol–water partition coefficient (Wildman–Crippen LogP) is 5.16. The van der Waals surface area contributed by atoms with Crippen LogP contribution < -0.4 is 9.64 Å². The number of rotatable bonds is 3. The lowest BCUT2D eigenvalue weighted by molar-refractivity contribution is 0.00174. The number of carbonyl (C=O) groups is 2. The van der Waals surface area contributed by atoms with Crippen LogP contribution in [0.4, 0.5) is 10.5 Å². The number of furan rings is 1. The summed E-state index contributed by atoms with van der Waals surface area (Å²) in [5, 5.41) is 0. The summed E-state index contributed by atoms with van der Waals surface area (Å²) < 4.78 is 11.7. The highest BCUT2D eigenvalue weighted by atomic mass is 16.5. The number of hydrogen-bond donors (Lipinski definition) is 0. The Hall–Kier alpha value is -3.54. The van der Waals surface area contributed by atoms with Crippen LogP contribution in [0.2, 0.25) is 0 Å². The number of urea groups is 1. The van der Waals surface area contributed by atoms with Crippen molar-refractivity contribution in [3.8, 4) is 5.75 Å². The molecule has 0 aliphatic carbocycles. The molecule has 1 aromatic heterocycles.